The zero-order valence-electron chi connectivity index (χ0n) is 11.5. The molecule has 1 N–H and O–H groups in total. The quantitative estimate of drug-likeness (QED) is 0.664. The first-order valence-corrected chi connectivity index (χ1v) is 5.85. The molecule has 0 radical (unpaired) electrons. The average molecular weight is 266 g/mol. The Morgan fingerprint density at radius 1 is 1.47 bits per heavy atom. The maximum Gasteiger partial charge on any atom is 0.285 e. The van der Waals surface area contributed by atoms with Crippen LogP contribution < -0.4 is 0 Å². The van der Waals surface area contributed by atoms with Crippen LogP contribution in [0.4, 0.5) is 5.69 Å². The molecule has 0 saturated carbocycles. The number of hydrogen-bond donors (Lipinski definition) is 1. The van der Waals surface area contributed by atoms with Crippen LogP contribution >= 0.6 is 0 Å². The molecule has 19 heavy (non-hydrogen) atoms. The lowest BCUT2D eigenvalue weighted by atomic mass is 10.0. The highest BCUT2D eigenvalue weighted by molar-refractivity contribution is 5.98. The Morgan fingerprint density at radius 2 is 2.05 bits per heavy atom. The van der Waals surface area contributed by atoms with E-state index in [2.05, 4.69) is 0 Å². The number of likely N-dealkylation sites (N-methyl/N-ethyl adjacent to an activating group) is 1. The number of nitro groups is 1. The van der Waals surface area contributed by atoms with E-state index in [0.29, 0.717) is 5.56 Å². The van der Waals surface area contributed by atoms with Crippen molar-refractivity contribution in [1.29, 1.82) is 0 Å². The van der Waals surface area contributed by atoms with Gasteiger partial charge in [0.1, 0.15) is 5.56 Å². The van der Waals surface area contributed by atoms with E-state index < -0.39 is 16.4 Å². The molecule has 6 heteroatoms. The fraction of sp³-hybridized carbons (Fsp3) is 0.462. The van der Waals surface area contributed by atoms with Gasteiger partial charge in [0, 0.05) is 12.6 Å². The van der Waals surface area contributed by atoms with Gasteiger partial charge in [0.15, 0.2) is 0 Å². The van der Waals surface area contributed by atoms with E-state index in [-0.39, 0.29) is 17.9 Å². The highest BCUT2D eigenvalue weighted by atomic mass is 16.6. The Hall–Kier alpha value is -1.95. The van der Waals surface area contributed by atoms with E-state index in [0.717, 1.165) is 0 Å². The fourth-order valence-electron chi connectivity index (χ4n) is 1.64. The number of nitro benzene ring substituents is 1. The van der Waals surface area contributed by atoms with Gasteiger partial charge in [0.05, 0.1) is 17.1 Å². The highest BCUT2D eigenvalue weighted by Crippen LogP contribution is 2.26. The predicted molar refractivity (Wildman–Crippen MR) is 71.1 cm³/mol. The van der Waals surface area contributed by atoms with Crippen molar-refractivity contribution in [2.45, 2.75) is 26.3 Å². The van der Waals surface area contributed by atoms with Gasteiger partial charge in [-0.2, -0.15) is 0 Å². The number of benzene rings is 1. The number of aliphatic hydroxyl groups excluding tert-OH is 1. The zero-order chi connectivity index (χ0) is 14.8. The van der Waals surface area contributed by atoms with Gasteiger partial charge >= 0.3 is 0 Å². The Morgan fingerprint density at radius 3 is 2.53 bits per heavy atom. The molecule has 0 spiro atoms. The van der Waals surface area contributed by atoms with Gasteiger partial charge in [-0.15, -0.1) is 0 Å². The number of nitrogens with zero attached hydrogens (tertiary/aromatic N) is 2. The third kappa shape index (κ3) is 2.90. The number of para-hydroxylation sites is 1. The van der Waals surface area contributed by atoms with Crippen LogP contribution in [-0.4, -0.2) is 40.0 Å². The van der Waals surface area contributed by atoms with Crippen molar-refractivity contribution in [1.82, 2.24) is 4.90 Å². The molecule has 1 aromatic rings. The molecule has 1 aromatic carbocycles. The summed E-state index contributed by atoms with van der Waals surface area (Å²) in [4.78, 5) is 24.2. The number of carbonyl (C=O) groups excluding carboxylic acids is 1. The molecule has 1 rings (SSSR count). The first-order chi connectivity index (χ1) is 8.72. The lowest BCUT2D eigenvalue weighted by molar-refractivity contribution is -0.385. The smallest absolute Gasteiger partial charge is 0.285 e. The summed E-state index contributed by atoms with van der Waals surface area (Å²) in [6.07, 6.45) is 0. The molecule has 0 atom stereocenters. The summed E-state index contributed by atoms with van der Waals surface area (Å²) in [6.45, 7) is 4.74. The van der Waals surface area contributed by atoms with Gasteiger partial charge in [-0.05, 0) is 26.8 Å². The normalized spacial score (nSPS) is 11.2. The number of rotatable bonds is 4. The molecule has 0 saturated heterocycles. The Labute approximate surface area is 111 Å². The van der Waals surface area contributed by atoms with Crippen molar-refractivity contribution >= 4 is 11.6 Å². The maximum absolute atomic E-state index is 12.3. The Kier molecular flexibility index (Phi) is 4.26. The molecule has 0 aliphatic rings. The van der Waals surface area contributed by atoms with Crippen LogP contribution in [-0.2, 0) is 0 Å². The van der Waals surface area contributed by atoms with E-state index in [1.165, 1.54) is 18.0 Å². The van der Waals surface area contributed by atoms with Crippen LogP contribution in [0, 0.1) is 17.0 Å². The molecule has 0 aliphatic carbocycles. The van der Waals surface area contributed by atoms with E-state index in [1.54, 1.807) is 32.9 Å². The first kappa shape index (κ1) is 15.1. The van der Waals surface area contributed by atoms with E-state index in [4.69, 9.17) is 0 Å². The molecule has 0 fully saturated rings. The minimum atomic E-state index is -0.783. The summed E-state index contributed by atoms with van der Waals surface area (Å²) in [7, 11) is 1.52. The molecular weight excluding hydrogens is 248 g/mol. The standard InChI is InChI=1S/C13H18N2O4/c1-9-6-5-7-10(11(9)15(18)19)12(17)14(4)13(2,3)8-16/h5-7,16H,8H2,1-4H3. The third-order valence-corrected chi connectivity index (χ3v) is 3.25. The molecule has 6 nitrogen and oxygen atoms in total. The van der Waals surface area contributed by atoms with Crippen LogP contribution in [0.5, 0.6) is 0 Å². The van der Waals surface area contributed by atoms with Gasteiger partial charge in [0.25, 0.3) is 11.6 Å². The molecule has 0 unspecified atom stereocenters. The van der Waals surface area contributed by atoms with Crippen molar-refractivity contribution < 1.29 is 14.8 Å². The van der Waals surface area contributed by atoms with Gasteiger partial charge in [-0.1, -0.05) is 12.1 Å². The summed E-state index contributed by atoms with van der Waals surface area (Å²) in [5.41, 5.74) is -0.498. The lowest BCUT2D eigenvalue weighted by Gasteiger charge is -2.33. The van der Waals surface area contributed by atoms with Crippen LogP contribution in [0.3, 0.4) is 0 Å². The number of aliphatic hydroxyl groups is 1. The van der Waals surface area contributed by atoms with Crippen molar-refractivity contribution in [2.24, 2.45) is 0 Å². The predicted octanol–water partition coefficient (Wildman–Crippen LogP) is 1.75. The molecule has 1 amide bonds. The average Bonchev–Trinajstić information content (AvgIpc) is 2.36. The molecule has 0 aromatic heterocycles. The second-order valence-corrected chi connectivity index (χ2v) is 5.06. The zero-order valence-corrected chi connectivity index (χ0v) is 11.5. The third-order valence-electron chi connectivity index (χ3n) is 3.25. The van der Waals surface area contributed by atoms with Crippen LogP contribution in [0.25, 0.3) is 0 Å². The van der Waals surface area contributed by atoms with Gasteiger partial charge in [-0.25, -0.2) is 0 Å². The van der Waals surface area contributed by atoms with E-state index in [9.17, 15) is 20.0 Å². The first-order valence-electron chi connectivity index (χ1n) is 5.85. The molecule has 0 aliphatic heterocycles. The number of carbonyl (C=O) groups is 1. The largest absolute Gasteiger partial charge is 0.394 e. The van der Waals surface area contributed by atoms with Crippen LogP contribution in [0.1, 0.15) is 29.8 Å². The van der Waals surface area contributed by atoms with Gasteiger partial charge < -0.3 is 10.0 Å². The molecular formula is C13H18N2O4. The summed E-state index contributed by atoms with van der Waals surface area (Å²) in [5, 5.41) is 20.3. The topological polar surface area (TPSA) is 83.7 Å². The molecule has 104 valence electrons. The van der Waals surface area contributed by atoms with Crippen LogP contribution in [0.2, 0.25) is 0 Å². The number of aryl methyl sites for hydroxylation is 1. The number of amides is 1. The van der Waals surface area contributed by atoms with Gasteiger partial charge in [0.2, 0.25) is 0 Å². The minimum Gasteiger partial charge on any atom is -0.394 e. The van der Waals surface area contributed by atoms with E-state index in [1.807, 2.05) is 0 Å². The summed E-state index contributed by atoms with van der Waals surface area (Å²) in [6, 6.07) is 4.62. The molecule has 0 bridgehead atoms. The summed E-state index contributed by atoms with van der Waals surface area (Å²) >= 11 is 0. The highest BCUT2D eigenvalue weighted by Gasteiger charge is 2.31. The van der Waals surface area contributed by atoms with Gasteiger partial charge in [-0.3, -0.25) is 14.9 Å². The second kappa shape index (κ2) is 5.36. The van der Waals surface area contributed by atoms with Crippen molar-refractivity contribution in [2.75, 3.05) is 13.7 Å². The van der Waals surface area contributed by atoms with Crippen LogP contribution in [0.15, 0.2) is 18.2 Å². The second-order valence-electron chi connectivity index (χ2n) is 5.06. The summed E-state index contributed by atoms with van der Waals surface area (Å²) < 4.78 is 0. The monoisotopic (exact) mass is 266 g/mol. The SMILES string of the molecule is Cc1cccc(C(=O)N(C)C(C)(C)CO)c1[N+](=O)[O-]. The molecule has 0 heterocycles. The lowest BCUT2D eigenvalue weighted by Crippen LogP contribution is -2.47. The minimum absolute atomic E-state index is 0.0361. The van der Waals surface area contributed by atoms with E-state index >= 15 is 0 Å². The van der Waals surface area contributed by atoms with Crippen molar-refractivity contribution in [3.05, 3.63) is 39.4 Å². The maximum atomic E-state index is 12.3. The van der Waals surface area contributed by atoms with Crippen molar-refractivity contribution in [3.8, 4) is 0 Å². The Balaban J connectivity index is 3.28. The number of hydrogen-bond acceptors (Lipinski definition) is 4. The summed E-state index contributed by atoms with van der Waals surface area (Å²) in [5.74, 6) is -0.477. The van der Waals surface area contributed by atoms with Crippen molar-refractivity contribution in [3.63, 3.8) is 0 Å². The Bertz CT molecular complexity index is 511. The fourth-order valence-corrected chi connectivity index (χ4v) is 1.64.